The van der Waals surface area contributed by atoms with Crippen molar-refractivity contribution in [1.82, 2.24) is 4.98 Å². The number of hydrogen-bond acceptors (Lipinski definition) is 5. The highest BCUT2D eigenvalue weighted by Crippen LogP contribution is 2.30. The lowest BCUT2D eigenvalue weighted by molar-refractivity contribution is -0.305. The number of carbonyl (C=O) groups excluding carboxylic acids is 2. The minimum Gasteiger partial charge on any atom is -0.550 e. The van der Waals surface area contributed by atoms with Crippen molar-refractivity contribution in [2.75, 3.05) is 5.32 Å². The zero-order chi connectivity index (χ0) is 15.2. The lowest BCUT2D eigenvalue weighted by Crippen LogP contribution is -2.22. The van der Waals surface area contributed by atoms with Gasteiger partial charge in [-0.05, 0) is 19.8 Å². The minimum atomic E-state index is -1.14. The van der Waals surface area contributed by atoms with Crippen LogP contribution in [0.1, 0.15) is 24.1 Å². The number of aryl methyl sites for hydroxylation is 1. The highest BCUT2D eigenvalue weighted by atomic mass is 32.1. The van der Waals surface area contributed by atoms with E-state index in [1.807, 2.05) is 37.3 Å². The molecule has 1 N–H and O–H groups in total. The summed E-state index contributed by atoms with van der Waals surface area (Å²) in [5.41, 5.74) is 1.86. The van der Waals surface area contributed by atoms with Crippen LogP contribution in [0.4, 0.5) is 5.13 Å². The van der Waals surface area contributed by atoms with Crippen molar-refractivity contribution >= 4 is 28.3 Å². The van der Waals surface area contributed by atoms with Crippen LogP contribution < -0.4 is 10.4 Å². The topological polar surface area (TPSA) is 82.1 Å². The summed E-state index contributed by atoms with van der Waals surface area (Å²) in [6.45, 7) is 1.95. The Hall–Kier alpha value is -2.21. The number of amides is 1. The average Bonchev–Trinajstić information content (AvgIpc) is 2.80. The first kappa shape index (κ1) is 15.2. The van der Waals surface area contributed by atoms with Gasteiger partial charge < -0.3 is 15.2 Å². The fraction of sp³-hybridized carbons (Fsp3) is 0.267. The Labute approximate surface area is 126 Å². The van der Waals surface area contributed by atoms with Crippen LogP contribution in [0.3, 0.4) is 0 Å². The second kappa shape index (κ2) is 6.99. The van der Waals surface area contributed by atoms with E-state index < -0.39 is 5.97 Å². The Balaban J connectivity index is 1.99. The highest BCUT2D eigenvalue weighted by Gasteiger charge is 2.11. The molecule has 0 saturated heterocycles. The molecule has 0 aliphatic carbocycles. The molecule has 6 heteroatoms. The number of aliphatic carboxylic acids is 1. The molecule has 1 amide bonds. The first-order valence-electron chi connectivity index (χ1n) is 6.59. The highest BCUT2D eigenvalue weighted by molar-refractivity contribution is 7.16. The lowest BCUT2D eigenvalue weighted by atomic mass is 10.1. The summed E-state index contributed by atoms with van der Waals surface area (Å²) < 4.78 is 0. The summed E-state index contributed by atoms with van der Waals surface area (Å²) in [6, 6.07) is 9.74. The van der Waals surface area contributed by atoms with Crippen LogP contribution in [0.25, 0.3) is 11.3 Å². The fourth-order valence-electron chi connectivity index (χ4n) is 1.89. The number of rotatable bonds is 6. The molecule has 0 fully saturated rings. The van der Waals surface area contributed by atoms with Gasteiger partial charge in [0, 0.05) is 22.8 Å². The van der Waals surface area contributed by atoms with E-state index in [0.717, 1.165) is 16.1 Å². The Morgan fingerprint density at radius 3 is 2.62 bits per heavy atom. The zero-order valence-electron chi connectivity index (χ0n) is 11.6. The van der Waals surface area contributed by atoms with Gasteiger partial charge in [-0.1, -0.05) is 30.3 Å². The molecule has 0 aliphatic heterocycles. The van der Waals surface area contributed by atoms with Gasteiger partial charge in [0.25, 0.3) is 0 Å². The average molecular weight is 303 g/mol. The molecule has 0 saturated carbocycles. The second-order valence-corrected chi connectivity index (χ2v) is 5.77. The molecular formula is C15H15N2O3S-. The molecule has 1 aromatic carbocycles. The first-order chi connectivity index (χ1) is 10.1. The number of carboxylic acids is 1. The number of carbonyl (C=O) groups is 2. The monoisotopic (exact) mass is 303 g/mol. The van der Waals surface area contributed by atoms with Gasteiger partial charge in [-0.2, -0.15) is 0 Å². The van der Waals surface area contributed by atoms with Crippen molar-refractivity contribution in [2.45, 2.75) is 26.2 Å². The minimum absolute atomic E-state index is 0.112. The van der Waals surface area contributed by atoms with E-state index in [9.17, 15) is 14.7 Å². The number of nitrogens with one attached hydrogen (secondary N) is 1. The Kier molecular flexibility index (Phi) is 5.05. The molecule has 0 unspecified atom stereocenters. The van der Waals surface area contributed by atoms with Crippen LogP contribution in [0.15, 0.2) is 30.3 Å². The number of thiazole rings is 1. The summed E-state index contributed by atoms with van der Waals surface area (Å²) >= 11 is 1.41. The molecule has 1 aromatic heterocycles. The number of hydrogen-bond donors (Lipinski definition) is 1. The van der Waals surface area contributed by atoms with Crippen LogP contribution in [-0.4, -0.2) is 16.9 Å². The van der Waals surface area contributed by atoms with Gasteiger partial charge in [-0.15, -0.1) is 11.3 Å². The lowest BCUT2D eigenvalue weighted by Gasteiger charge is -2.02. The summed E-state index contributed by atoms with van der Waals surface area (Å²) in [4.78, 5) is 27.4. The number of nitrogens with zero attached hydrogens (tertiary/aromatic N) is 1. The molecule has 110 valence electrons. The maximum absolute atomic E-state index is 11.7. The quantitative estimate of drug-likeness (QED) is 0.884. The summed E-state index contributed by atoms with van der Waals surface area (Å²) in [5.74, 6) is -1.37. The molecule has 0 aliphatic rings. The van der Waals surface area contributed by atoms with Crippen LogP contribution in [-0.2, 0) is 9.59 Å². The van der Waals surface area contributed by atoms with E-state index in [2.05, 4.69) is 10.3 Å². The molecule has 0 spiro atoms. The van der Waals surface area contributed by atoms with Crippen molar-refractivity contribution in [3.63, 3.8) is 0 Å². The Morgan fingerprint density at radius 1 is 1.24 bits per heavy atom. The van der Waals surface area contributed by atoms with Crippen molar-refractivity contribution in [1.29, 1.82) is 0 Å². The van der Waals surface area contributed by atoms with E-state index in [1.54, 1.807) is 0 Å². The standard InChI is InChI=1S/C15H16N2O3S/c1-10-14(11-6-3-2-4-7-11)17-15(21-10)16-12(18)8-5-9-13(19)20/h2-4,6-7H,5,8-9H2,1H3,(H,19,20)(H,16,17,18)/p-1. The molecule has 2 rings (SSSR count). The third-order valence-corrected chi connectivity index (χ3v) is 3.76. The maximum atomic E-state index is 11.7. The van der Waals surface area contributed by atoms with Crippen LogP contribution in [0, 0.1) is 6.92 Å². The summed E-state index contributed by atoms with van der Waals surface area (Å²) in [5, 5.41) is 13.5. The van der Waals surface area contributed by atoms with E-state index in [4.69, 9.17) is 0 Å². The van der Waals surface area contributed by atoms with Gasteiger partial charge in [0.15, 0.2) is 5.13 Å². The third kappa shape index (κ3) is 4.39. The molecular weight excluding hydrogens is 288 g/mol. The summed E-state index contributed by atoms with van der Waals surface area (Å²) in [7, 11) is 0. The van der Waals surface area contributed by atoms with E-state index in [0.29, 0.717) is 5.13 Å². The van der Waals surface area contributed by atoms with Gasteiger partial charge in [0.1, 0.15) is 0 Å². The molecule has 2 aromatic rings. The number of carboxylic acid groups (broad SMARTS) is 1. The van der Waals surface area contributed by atoms with Gasteiger partial charge >= 0.3 is 0 Å². The molecule has 21 heavy (non-hydrogen) atoms. The van der Waals surface area contributed by atoms with Crippen LogP contribution in [0.2, 0.25) is 0 Å². The normalized spacial score (nSPS) is 10.3. The fourth-order valence-corrected chi connectivity index (χ4v) is 2.74. The molecule has 0 radical (unpaired) electrons. The number of aromatic nitrogens is 1. The predicted molar refractivity (Wildman–Crippen MR) is 79.8 cm³/mol. The third-order valence-electron chi connectivity index (χ3n) is 2.87. The van der Waals surface area contributed by atoms with E-state index in [-0.39, 0.29) is 25.2 Å². The molecule has 0 atom stereocenters. The van der Waals surface area contributed by atoms with Crippen molar-refractivity contribution < 1.29 is 14.7 Å². The largest absolute Gasteiger partial charge is 0.550 e. The number of anilines is 1. The van der Waals surface area contributed by atoms with Crippen molar-refractivity contribution in [3.05, 3.63) is 35.2 Å². The van der Waals surface area contributed by atoms with Crippen LogP contribution in [0.5, 0.6) is 0 Å². The van der Waals surface area contributed by atoms with Gasteiger partial charge in [0.05, 0.1) is 5.69 Å². The summed E-state index contributed by atoms with van der Waals surface area (Å²) in [6.07, 6.45) is 0.303. The van der Waals surface area contributed by atoms with E-state index in [1.165, 1.54) is 11.3 Å². The SMILES string of the molecule is Cc1sc(NC(=O)CCCC(=O)[O-])nc1-c1ccccc1. The number of benzene rings is 1. The molecule has 1 heterocycles. The van der Waals surface area contributed by atoms with Crippen molar-refractivity contribution in [2.24, 2.45) is 0 Å². The van der Waals surface area contributed by atoms with Gasteiger partial charge in [-0.3, -0.25) is 4.79 Å². The van der Waals surface area contributed by atoms with Gasteiger partial charge in [-0.25, -0.2) is 4.98 Å². The maximum Gasteiger partial charge on any atom is 0.226 e. The predicted octanol–water partition coefficient (Wildman–Crippen LogP) is 1.98. The molecule has 5 nitrogen and oxygen atoms in total. The van der Waals surface area contributed by atoms with Gasteiger partial charge in [0.2, 0.25) is 5.91 Å². The van der Waals surface area contributed by atoms with Crippen molar-refractivity contribution in [3.8, 4) is 11.3 Å². The van der Waals surface area contributed by atoms with E-state index >= 15 is 0 Å². The zero-order valence-corrected chi connectivity index (χ0v) is 12.4. The Bertz CT molecular complexity index is 638. The molecule has 0 bridgehead atoms. The smallest absolute Gasteiger partial charge is 0.226 e. The first-order valence-corrected chi connectivity index (χ1v) is 7.40. The second-order valence-electron chi connectivity index (χ2n) is 4.56. The van der Waals surface area contributed by atoms with Crippen LogP contribution >= 0.6 is 11.3 Å². The Morgan fingerprint density at radius 2 is 1.95 bits per heavy atom.